The Hall–Kier alpha value is -8.25. The van der Waals surface area contributed by atoms with Crippen LogP contribution in [0.2, 0.25) is 5.02 Å². The van der Waals surface area contributed by atoms with Gasteiger partial charge in [-0.3, -0.25) is 38.4 Å². The first-order chi connectivity index (χ1) is 42.3. The third-order valence-electron chi connectivity index (χ3n) is 18.2. The van der Waals surface area contributed by atoms with Crippen LogP contribution in [-0.4, -0.2) is 91.0 Å². The number of fused-ring (bicyclic) bond motifs is 4. The smallest absolute Gasteiger partial charge is 0.255 e. The zero-order valence-corrected chi connectivity index (χ0v) is 55.3. The fourth-order valence-corrected chi connectivity index (χ4v) is 13.4. The lowest BCUT2D eigenvalue weighted by molar-refractivity contribution is -0.127. The molecule has 12 rings (SSSR count). The first-order valence-corrected chi connectivity index (χ1v) is 31.5. The van der Waals surface area contributed by atoms with Gasteiger partial charge in [0, 0.05) is 75.8 Å². The van der Waals surface area contributed by atoms with Gasteiger partial charge in [-0.15, -0.1) is 0 Å². The number of hydrogen-bond acceptors (Lipinski definition) is 8. The quantitative estimate of drug-likeness (QED) is 0.155. The van der Waals surface area contributed by atoms with E-state index in [1.807, 2.05) is 36.4 Å². The Kier molecular flexibility index (Phi) is 19.7. The molecule has 8 aliphatic rings. The number of allylic oxidation sites excluding steroid dienone is 4. The molecule has 0 spiro atoms. The molecule has 0 bridgehead atoms. The molecule has 92 heavy (non-hydrogen) atoms. The Balaban J connectivity index is 0.000000157. The van der Waals surface area contributed by atoms with E-state index in [0.29, 0.717) is 80.1 Å². The number of carbonyl (C=O) groups excluding carboxylic acids is 8. The van der Waals surface area contributed by atoms with Crippen LogP contribution in [0, 0.1) is 11.6 Å². The summed E-state index contributed by atoms with van der Waals surface area (Å²) in [6, 6.07) is 15.0. The van der Waals surface area contributed by atoms with E-state index in [1.165, 1.54) is 16.0 Å². The van der Waals surface area contributed by atoms with Gasteiger partial charge in [-0.2, -0.15) is 0 Å². The van der Waals surface area contributed by atoms with Crippen LogP contribution >= 0.6 is 11.6 Å². The second-order valence-electron chi connectivity index (χ2n) is 29.1. The van der Waals surface area contributed by atoms with Crippen molar-refractivity contribution < 1.29 is 47.1 Å². The minimum atomic E-state index is -0.726. The summed E-state index contributed by atoms with van der Waals surface area (Å²) in [4.78, 5) is 105. The van der Waals surface area contributed by atoms with Gasteiger partial charge >= 0.3 is 0 Å². The summed E-state index contributed by atoms with van der Waals surface area (Å²) in [6.07, 6.45) is 5.04. The molecule has 4 atom stereocenters. The largest absolute Gasteiger partial charge is 0.329 e. The minimum Gasteiger partial charge on any atom is -0.329 e. The zero-order valence-electron chi connectivity index (χ0n) is 54.5. The maximum Gasteiger partial charge on any atom is 0.255 e. The van der Waals surface area contributed by atoms with Gasteiger partial charge in [0.25, 0.3) is 23.6 Å². The van der Waals surface area contributed by atoms with Crippen molar-refractivity contribution in [3.63, 3.8) is 0 Å². The Labute approximate surface area is 545 Å². The van der Waals surface area contributed by atoms with Crippen molar-refractivity contribution in [1.29, 1.82) is 0 Å². The van der Waals surface area contributed by atoms with Gasteiger partial charge < -0.3 is 40.9 Å². The highest BCUT2D eigenvalue weighted by Gasteiger charge is 2.44. The average Bonchev–Trinajstić information content (AvgIpc) is 1.64. The first kappa shape index (κ1) is 69.6. The van der Waals surface area contributed by atoms with E-state index < -0.39 is 35.0 Å². The molecule has 0 aromatic heterocycles. The minimum absolute atomic E-state index is 0. The van der Waals surface area contributed by atoms with Gasteiger partial charge in [0.2, 0.25) is 23.6 Å². The van der Waals surface area contributed by atoms with Crippen LogP contribution in [0.1, 0.15) is 228 Å². The van der Waals surface area contributed by atoms with Crippen LogP contribution in [0.25, 0.3) is 0 Å². The van der Waals surface area contributed by atoms with E-state index in [0.717, 1.165) is 63.7 Å². The number of halogens is 3. The third-order valence-corrected chi connectivity index (χ3v) is 18.6. The van der Waals surface area contributed by atoms with Gasteiger partial charge in [0.1, 0.15) is 35.8 Å². The van der Waals surface area contributed by atoms with Crippen LogP contribution in [0.5, 0.6) is 0 Å². The Bertz CT molecular complexity index is 3690. The number of nitrogens with zero attached hydrogens (tertiary/aromatic N) is 4. The number of hydrogen-bond donors (Lipinski definition) is 4. The molecule has 4 aromatic rings. The van der Waals surface area contributed by atoms with Gasteiger partial charge in [-0.1, -0.05) is 159 Å². The Morgan fingerprint density at radius 2 is 0.750 bits per heavy atom. The maximum absolute atomic E-state index is 14.9. The number of carbonyl (C=O) groups is 8. The summed E-state index contributed by atoms with van der Waals surface area (Å²) in [7, 11) is 0. The molecule has 0 saturated carbocycles. The molecule has 4 saturated heterocycles. The van der Waals surface area contributed by atoms with Crippen LogP contribution < -0.4 is 21.3 Å². The molecular weight excluding hydrogens is 1190 g/mol. The zero-order chi connectivity index (χ0) is 66.9. The van der Waals surface area contributed by atoms with E-state index in [9.17, 15) is 47.1 Å². The molecule has 2 unspecified atom stereocenters. The Morgan fingerprint density at radius 1 is 0.424 bits per heavy atom. The molecule has 8 heterocycles. The number of piperidine rings is 4. The van der Waals surface area contributed by atoms with E-state index >= 15 is 0 Å². The van der Waals surface area contributed by atoms with Gasteiger partial charge in [-0.25, -0.2) is 8.78 Å². The van der Waals surface area contributed by atoms with Crippen molar-refractivity contribution in [2.45, 2.75) is 214 Å². The van der Waals surface area contributed by atoms with Crippen LogP contribution in [0.3, 0.4) is 0 Å². The van der Waals surface area contributed by atoms with Crippen molar-refractivity contribution in [2.24, 2.45) is 0 Å². The predicted octanol–water partition coefficient (Wildman–Crippen LogP) is 12.5. The molecule has 16 nitrogen and oxygen atoms in total. The van der Waals surface area contributed by atoms with Crippen molar-refractivity contribution in [3.8, 4) is 0 Å². The lowest BCUT2D eigenvalue weighted by Crippen LogP contribution is -2.49. The van der Waals surface area contributed by atoms with Gasteiger partial charge in [-0.05, 0) is 125 Å². The predicted molar refractivity (Wildman–Crippen MR) is 353 cm³/mol. The number of amides is 8. The molecule has 0 radical (unpaired) electrons. The summed E-state index contributed by atoms with van der Waals surface area (Å²) in [6.45, 7) is 40.8. The lowest BCUT2D eigenvalue weighted by atomic mass is 9.84. The summed E-state index contributed by atoms with van der Waals surface area (Å²) >= 11 is 6.57. The van der Waals surface area contributed by atoms with Crippen molar-refractivity contribution >= 4 is 58.9 Å². The summed E-state index contributed by atoms with van der Waals surface area (Å²) in [5, 5.41) is 11.5. The molecule has 8 aliphatic heterocycles. The van der Waals surface area contributed by atoms with Gasteiger partial charge in [0.15, 0.2) is 0 Å². The van der Waals surface area contributed by atoms with Crippen LogP contribution in [-0.2, 0) is 67.0 Å². The molecule has 490 valence electrons. The normalized spacial score (nSPS) is 21.3. The molecule has 4 fully saturated rings. The lowest BCUT2D eigenvalue weighted by Gasteiger charge is -2.31. The standard InChI is InChI=1S/C18H21ClN2O2.C18H20F2N2O2.2C18H22N2O2.CH4/c1-10-5-8-14(16(22)20-10)21-9-12-11(17(21)23)6-7-13(15(12)19)18(2,3)4;1-9-5-6-13(16(23)21-9)22-8-11-10(17(22)24)7-12(19)14(15(11)20)18(2,3)4;2*1-11-5-8-15(16(21)19-11)20-10-12-9-13(18(2,3)4)6-7-14(12)17(20)22;/h6-7,14H,1,5,8-9H2,2-4H3,(H,20,22);7,13H,1,5-6,8H2,2-4H3,(H,21,23);2*6-7,9,15H,1,5,8,10H2,2-4H3,(H,19,21);1H4/t14-;;15-;;/m0.0../s1. The third kappa shape index (κ3) is 14.1. The molecule has 0 aliphatic carbocycles. The van der Waals surface area contributed by atoms with Gasteiger partial charge in [0.05, 0.1) is 17.1 Å². The second kappa shape index (κ2) is 26.0. The second-order valence-corrected chi connectivity index (χ2v) is 29.5. The fraction of sp³-hybridized carbons (Fsp3) is 0.452. The highest BCUT2D eigenvalue weighted by atomic mass is 35.5. The van der Waals surface area contributed by atoms with E-state index in [2.05, 4.69) is 122 Å². The highest BCUT2D eigenvalue weighted by molar-refractivity contribution is 6.33. The molecular formula is C73H89ClF2N8O8. The highest BCUT2D eigenvalue weighted by Crippen LogP contribution is 2.41. The average molecular weight is 1280 g/mol. The maximum atomic E-state index is 14.9. The van der Waals surface area contributed by atoms with E-state index in [-0.39, 0.29) is 100 Å². The molecule has 4 N–H and O–H groups in total. The molecule has 4 aromatic carbocycles. The SMILES string of the molecule is C.C=C1CCC(N2Cc3c(cc(F)c(C(C)(C)C)c3F)C2=O)C(=O)N1.C=C1CCC(N2Cc3cc(C(C)(C)C)ccc3C2=O)C(=O)N1.C=C1CC[C@H](N2Cc3c(ccc(C(C)(C)C)c3Cl)C2=O)C(=O)N1.C=C1CC[C@H](N2Cc3cc(C(C)(C)C)ccc3C2=O)C(=O)N1. The first-order valence-electron chi connectivity index (χ1n) is 31.1. The number of nitrogens with one attached hydrogen (secondary N) is 4. The topological polar surface area (TPSA) is 198 Å². The van der Waals surface area contributed by atoms with Crippen molar-refractivity contribution in [2.75, 3.05) is 0 Å². The number of rotatable bonds is 4. The van der Waals surface area contributed by atoms with E-state index in [1.54, 1.807) is 35.5 Å². The van der Waals surface area contributed by atoms with E-state index in [4.69, 9.17) is 11.6 Å². The summed E-state index contributed by atoms with van der Waals surface area (Å²) in [5.74, 6) is -2.83. The summed E-state index contributed by atoms with van der Waals surface area (Å²) < 4.78 is 29.2. The van der Waals surface area contributed by atoms with Crippen molar-refractivity contribution in [3.05, 3.63) is 187 Å². The summed E-state index contributed by atoms with van der Waals surface area (Å²) in [5.41, 5.74) is 10.6. The molecule has 19 heteroatoms. The molecule has 8 amide bonds. The fourth-order valence-electron chi connectivity index (χ4n) is 12.9. The Morgan fingerprint density at radius 3 is 1.09 bits per heavy atom. The van der Waals surface area contributed by atoms with Crippen molar-refractivity contribution in [1.82, 2.24) is 40.9 Å². The van der Waals surface area contributed by atoms with Crippen LogP contribution in [0.4, 0.5) is 8.78 Å². The van der Waals surface area contributed by atoms with Crippen LogP contribution in [0.15, 0.2) is 104 Å². The number of benzene rings is 4. The monoisotopic (exact) mass is 1280 g/mol.